The monoisotopic (exact) mass is 370 g/mol. The van der Waals surface area contributed by atoms with Crippen LogP contribution in [0.4, 0.5) is 0 Å². The molecule has 4 aliphatic carbocycles. The maximum Gasteiger partial charge on any atom is 0.324 e. The summed E-state index contributed by atoms with van der Waals surface area (Å²) in [5, 5.41) is -1.89. The fourth-order valence-electron chi connectivity index (χ4n) is 5.71. The number of hydrogen-bond donors (Lipinski definition) is 0. The molecule has 25 heavy (non-hydrogen) atoms. The molecule has 4 bridgehead atoms. The van der Waals surface area contributed by atoms with Crippen LogP contribution in [0.2, 0.25) is 0 Å². The lowest BCUT2D eigenvalue weighted by molar-refractivity contribution is -0.164. The summed E-state index contributed by atoms with van der Waals surface area (Å²) in [5.41, 5.74) is -0.339. The summed E-state index contributed by atoms with van der Waals surface area (Å²) < 4.78 is 29.7. The largest absolute Gasteiger partial charge is 0.454 e. The maximum absolute atomic E-state index is 13.1. The van der Waals surface area contributed by atoms with Gasteiger partial charge in [0.2, 0.25) is 0 Å². The third-order valence-electron chi connectivity index (χ3n) is 6.70. The van der Waals surface area contributed by atoms with Crippen LogP contribution in [0.1, 0.15) is 66.2 Å². The number of carbonyl (C=O) groups excluding carboxylic acids is 2. The molecule has 5 nitrogen and oxygen atoms in total. The van der Waals surface area contributed by atoms with Gasteiger partial charge in [0.25, 0.3) is 0 Å². The Morgan fingerprint density at radius 3 is 1.76 bits per heavy atom. The van der Waals surface area contributed by atoms with Crippen molar-refractivity contribution in [2.75, 3.05) is 0 Å². The van der Waals surface area contributed by atoms with Crippen molar-refractivity contribution >= 4 is 21.6 Å². The zero-order chi connectivity index (χ0) is 18.6. The van der Waals surface area contributed by atoms with Gasteiger partial charge in [-0.1, -0.05) is 0 Å². The second-order valence-electron chi connectivity index (χ2n) is 8.92. The first-order valence-electron chi connectivity index (χ1n) is 9.52. The van der Waals surface area contributed by atoms with Gasteiger partial charge in [-0.2, -0.15) is 0 Å². The number of hydrogen-bond acceptors (Lipinski definition) is 5. The lowest BCUT2D eigenvalue weighted by Gasteiger charge is -2.56. The molecule has 0 heterocycles. The van der Waals surface area contributed by atoms with E-state index in [1.165, 1.54) is 26.2 Å². The lowest BCUT2D eigenvalue weighted by atomic mass is 9.48. The molecule has 0 aliphatic heterocycles. The zero-order valence-corrected chi connectivity index (χ0v) is 16.5. The topological polar surface area (TPSA) is 77.5 Å². The molecular weight excluding hydrogens is 340 g/mol. The van der Waals surface area contributed by atoms with Crippen molar-refractivity contribution in [2.45, 2.75) is 82.8 Å². The van der Waals surface area contributed by atoms with E-state index in [1.807, 2.05) is 0 Å². The Kier molecular flexibility index (Phi) is 4.80. The van der Waals surface area contributed by atoms with E-state index in [0.29, 0.717) is 17.8 Å². The van der Waals surface area contributed by atoms with Crippen molar-refractivity contribution in [3.05, 3.63) is 0 Å². The van der Waals surface area contributed by atoms with Crippen molar-refractivity contribution in [1.29, 1.82) is 0 Å². The van der Waals surface area contributed by atoms with Crippen LogP contribution in [0, 0.1) is 23.2 Å². The van der Waals surface area contributed by atoms with E-state index in [4.69, 9.17) is 4.74 Å². The molecule has 0 amide bonds. The van der Waals surface area contributed by atoms with E-state index in [2.05, 4.69) is 0 Å². The Bertz CT molecular complexity index is 628. The average molecular weight is 371 g/mol. The summed E-state index contributed by atoms with van der Waals surface area (Å²) in [7, 11) is -3.58. The molecular formula is C19H30O5S. The minimum absolute atomic E-state index is 0.00842. The van der Waals surface area contributed by atoms with E-state index in [-0.39, 0.29) is 11.2 Å². The highest BCUT2D eigenvalue weighted by atomic mass is 32.2. The third kappa shape index (κ3) is 3.26. The summed E-state index contributed by atoms with van der Waals surface area (Å²) in [6.45, 7) is 6.04. The van der Waals surface area contributed by atoms with Crippen LogP contribution >= 0.6 is 0 Å². The van der Waals surface area contributed by atoms with Gasteiger partial charge >= 0.3 is 5.97 Å². The van der Waals surface area contributed by atoms with Crippen molar-refractivity contribution < 1.29 is 22.7 Å². The minimum Gasteiger partial charge on any atom is -0.454 e. The molecule has 4 aliphatic rings. The van der Waals surface area contributed by atoms with Gasteiger partial charge in [0.05, 0.1) is 5.25 Å². The molecule has 0 spiro atoms. The summed E-state index contributed by atoms with van der Waals surface area (Å²) in [4.78, 5) is 25.4. The van der Waals surface area contributed by atoms with Crippen LogP contribution in [-0.2, 0) is 24.2 Å². The second kappa shape index (κ2) is 6.36. The number of esters is 1. The van der Waals surface area contributed by atoms with Crippen LogP contribution < -0.4 is 0 Å². The van der Waals surface area contributed by atoms with E-state index in [0.717, 1.165) is 19.3 Å². The van der Waals surface area contributed by atoms with Gasteiger partial charge in [-0.25, -0.2) is 8.42 Å². The number of ketones is 1. The first-order valence-corrected chi connectivity index (χ1v) is 11.1. The van der Waals surface area contributed by atoms with E-state index < -0.39 is 32.4 Å². The van der Waals surface area contributed by atoms with E-state index in [1.54, 1.807) is 20.8 Å². The van der Waals surface area contributed by atoms with Crippen molar-refractivity contribution in [2.24, 2.45) is 23.2 Å². The molecule has 0 N–H and O–H groups in total. The fourth-order valence-corrected chi connectivity index (χ4v) is 6.85. The number of carbonyl (C=O) groups is 2. The number of sulfone groups is 1. The summed E-state index contributed by atoms with van der Waals surface area (Å²) in [6, 6.07) is 0. The molecule has 0 aromatic rings. The third-order valence-corrected chi connectivity index (χ3v) is 9.20. The van der Waals surface area contributed by atoms with Crippen LogP contribution in [0.25, 0.3) is 0 Å². The molecule has 142 valence electrons. The van der Waals surface area contributed by atoms with Crippen LogP contribution in [0.3, 0.4) is 0 Å². The van der Waals surface area contributed by atoms with Gasteiger partial charge in [-0.15, -0.1) is 0 Å². The molecule has 0 aromatic carbocycles. The molecule has 4 fully saturated rings. The first kappa shape index (κ1) is 18.9. The van der Waals surface area contributed by atoms with Gasteiger partial charge < -0.3 is 4.74 Å². The molecule has 2 atom stereocenters. The number of ether oxygens (including phenoxy) is 1. The Morgan fingerprint density at radius 2 is 1.36 bits per heavy atom. The molecule has 6 heteroatoms. The minimum atomic E-state index is -3.58. The molecule has 0 saturated heterocycles. The highest BCUT2D eigenvalue weighted by molar-refractivity contribution is 7.93. The van der Waals surface area contributed by atoms with Gasteiger partial charge in [0.1, 0.15) is 0 Å². The van der Waals surface area contributed by atoms with Crippen LogP contribution in [0.15, 0.2) is 0 Å². The van der Waals surface area contributed by atoms with Gasteiger partial charge in [-0.3, -0.25) is 9.59 Å². The number of Topliss-reactive ketones (excluding diaryl/α,β-unsaturated/α-hetero) is 1. The highest BCUT2D eigenvalue weighted by Gasteiger charge is 2.55. The van der Waals surface area contributed by atoms with Gasteiger partial charge in [-0.05, 0) is 84.0 Å². The summed E-state index contributed by atoms with van der Waals surface area (Å²) in [5.74, 6) is 1.11. The van der Waals surface area contributed by atoms with Crippen LogP contribution in [-0.4, -0.2) is 36.8 Å². The molecule has 4 rings (SSSR count). The lowest BCUT2D eigenvalue weighted by Crippen LogP contribution is -2.53. The molecule has 0 radical (unpaired) electrons. The van der Waals surface area contributed by atoms with E-state index in [9.17, 15) is 18.0 Å². The number of rotatable bonds is 6. The quantitative estimate of drug-likeness (QED) is 0.672. The van der Waals surface area contributed by atoms with Gasteiger partial charge in [0, 0.05) is 5.41 Å². The maximum atomic E-state index is 13.1. The Balaban J connectivity index is 1.68. The summed E-state index contributed by atoms with van der Waals surface area (Å²) in [6.07, 6.45) is 5.60. The standard InChI is InChI=1S/C19H30O5S/c1-11(2)25(22,23)13(4)18(21)24-12(3)17(20)19-8-14-5-15(9-19)7-16(6-14)10-19/h11-16H,5-10H2,1-4H3/t12-,13+,14?,15?,16?,19?/m0/s1. The summed E-state index contributed by atoms with van der Waals surface area (Å²) >= 11 is 0. The molecule has 4 saturated carbocycles. The predicted molar refractivity (Wildman–Crippen MR) is 94.7 cm³/mol. The Morgan fingerprint density at radius 1 is 0.920 bits per heavy atom. The zero-order valence-electron chi connectivity index (χ0n) is 15.7. The first-order chi connectivity index (χ1) is 11.5. The fraction of sp³-hybridized carbons (Fsp3) is 0.895. The van der Waals surface area contributed by atoms with Gasteiger partial charge in [0.15, 0.2) is 27.0 Å². The smallest absolute Gasteiger partial charge is 0.324 e. The average Bonchev–Trinajstić information content (AvgIpc) is 2.51. The Hall–Kier alpha value is -0.910. The normalized spacial score (nSPS) is 36.3. The Labute approximate surface area is 150 Å². The van der Waals surface area contributed by atoms with Crippen molar-refractivity contribution in [3.63, 3.8) is 0 Å². The van der Waals surface area contributed by atoms with E-state index >= 15 is 0 Å². The molecule has 0 aromatic heterocycles. The van der Waals surface area contributed by atoms with Crippen molar-refractivity contribution in [3.8, 4) is 0 Å². The highest BCUT2D eigenvalue weighted by Crippen LogP contribution is 2.60. The van der Waals surface area contributed by atoms with Crippen LogP contribution in [0.5, 0.6) is 0 Å². The van der Waals surface area contributed by atoms with Crippen molar-refractivity contribution in [1.82, 2.24) is 0 Å². The SMILES string of the molecule is CC(C)S(=O)(=O)[C@H](C)C(=O)O[C@@H](C)C(=O)C12CC3CC(CC(C3)C1)C2. The second-order valence-corrected chi connectivity index (χ2v) is 11.7. The molecule has 0 unspecified atom stereocenters. The predicted octanol–water partition coefficient (Wildman–Crippen LogP) is 2.92.